The molecule has 1 amide bonds. The van der Waals surface area contributed by atoms with Crippen LogP contribution in [0.15, 0.2) is 41.9 Å². The molecule has 1 aromatic carbocycles. The number of thiazole rings is 1. The summed E-state index contributed by atoms with van der Waals surface area (Å²) in [5, 5.41) is 10.7. The Morgan fingerprint density at radius 1 is 1.34 bits per heavy atom. The predicted octanol–water partition coefficient (Wildman–Crippen LogP) is 4.29. The lowest BCUT2D eigenvalue weighted by Crippen LogP contribution is -2.35. The number of hydrogen-bond donors (Lipinski definition) is 1. The van der Waals surface area contributed by atoms with Crippen LogP contribution in [0.2, 0.25) is 0 Å². The maximum atomic E-state index is 13.2. The molecule has 1 aliphatic heterocycles. The van der Waals surface area contributed by atoms with Gasteiger partial charge < -0.3 is 10.1 Å². The molecule has 0 saturated carbocycles. The van der Waals surface area contributed by atoms with Crippen LogP contribution in [0.3, 0.4) is 0 Å². The van der Waals surface area contributed by atoms with E-state index in [2.05, 4.69) is 35.3 Å². The van der Waals surface area contributed by atoms with Crippen molar-refractivity contribution in [2.45, 2.75) is 45.8 Å². The first-order valence-electron chi connectivity index (χ1n) is 10.0. The topological polar surface area (TPSA) is 69.0 Å². The van der Waals surface area contributed by atoms with Gasteiger partial charge in [-0.25, -0.2) is 9.67 Å². The fourth-order valence-corrected chi connectivity index (χ4v) is 4.76. The van der Waals surface area contributed by atoms with Gasteiger partial charge in [-0.3, -0.25) is 4.79 Å². The van der Waals surface area contributed by atoms with Gasteiger partial charge in [0.2, 0.25) is 5.91 Å². The molecule has 0 radical (unpaired) electrons. The van der Waals surface area contributed by atoms with Crippen molar-refractivity contribution in [3.05, 3.63) is 63.9 Å². The summed E-state index contributed by atoms with van der Waals surface area (Å²) >= 11 is 1.60. The number of rotatable bonds is 6. The van der Waals surface area contributed by atoms with Crippen LogP contribution in [0.5, 0.6) is 0 Å². The molecule has 1 N–H and O–H groups in total. The van der Waals surface area contributed by atoms with Crippen molar-refractivity contribution in [2.75, 3.05) is 6.61 Å². The predicted molar refractivity (Wildman–Crippen MR) is 113 cm³/mol. The van der Waals surface area contributed by atoms with E-state index in [1.807, 2.05) is 41.3 Å². The number of aryl methyl sites for hydroxylation is 2. The summed E-state index contributed by atoms with van der Waals surface area (Å²) in [6.45, 7) is 6.66. The number of nitrogens with one attached hydrogen (secondary N) is 1. The van der Waals surface area contributed by atoms with Crippen LogP contribution in [0.25, 0.3) is 5.69 Å². The highest BCUT2D eigenvalue weighted by molar-refractivity contribution is 7.09. The lowest BCUT2D eigenvalue weighted by atomic mass is 9.97. The van der Waals surface area contributed by atoms with E-state index < -0.39 is 0 Å². The number of hydrogen-bond acceptors (Lipinski definition) is 5. The number of para-hydroxylation sites is 1. The van der Waals surface area contributed by atoms with Gasteiger partial charge in [0.25, 0.3) is 0 Å². The highest BCUT2D eigenvalue weighted by Gasteiger charge is 2.38. The number of carbonyl (C=O) groups is 1. The van der Waals surface area contributed by atoms with Crippen LogP contribution in [0, 0.1) is 19.8 Å². The Bertz CT molecular complexity index is 996. The minimum atomic E-state index is -0.312. The van der Waals surface area contributed by atoms with Gasteiger partial charge in [0.15, 0.2) is 0 Å². The van der Waals surface area contributed by atoms with E-state index in [9.17, 15) is 4.79 Å². The second-order valence-electron chi connectivity index (χ2n) is 7.44. The van der Waals surface area contributed by atoms with Crippen LogP contribution in [-0.4, -0.2) is 27.3 Å². The summed E-state index contributed by atoms with van der Waals surface area (Å²) in [6, 6.07) is 9.98. The first kappa shape index (κ1) is 19.8. The zero-order valence-corrected chi connectivity index (χ0v) is 17.8. The average Bonchev–Trinajstić information content (AvgIpc) is 3.46. The molecule has 1 saturated heterocycles. The fraction of sp³-hybridized carbons (Fsp3) is 0.409. The third-order valence-corrected chi connectivity index (χ3v) is 6.47. The number of aromatic nitrogens is 3. The Kier molecular flexibility index (Phi) is 5.78. The van der Waals surface area contributed by atoms with E-state index in [1.54, 1.807) is 17.5 Å². The Morgan fingerprint density at radius 2 is 2.17 bits per heavy atom. The van der Waals surface area contributed by atoms with Gasteiger partial charge in [0.05, 0.1) is 23.3 Å². The fourth-order valence-electron chi connectivity index (χ4n) is 3.83. The zero-order chi connectivity index (χ0) is 20.4. The van der Waals surface area contributed by atoms with Gasteiger partial charge in [-0.1, -0.05) is 25.1 Å². The Labute approximate surface area is 174 Å². The minimum absolute atomic E-state index is 0.0183. The second-order valence-corrected chi connectivity index (χ2v) is 8.33. The monoisotopic (exact) mass is 410 g/mol. The third-order valence-electron chi connectivity index (χ3n) is 5.40. The number of ether oxygens (including phenoxy) is 1. The van der Waals surface area contributed by atoms with E-state index in [1.165, 1.54) is 0 Å². The van der Waals surface area contributed by atoms with Crippen LogP contribution in [-0.2, 0) is 9.53 Å². The molecule has 3 atom stereocenters. The molecule has 6 nitrogen and oxygen atoms in total. The van der Waals surface area contributed by atoms with Gasteiger partial charge in [0, 0.05) is 23.9 Å². The first-order chi connectivity index (χ1) is 14.1. The lowest BCUT2D eigenvalue weighted by molar-refractivity contribution is -0.127. The molecule has 0 bridgehead atoms. The summed E-state index contributed by atoms with van der Waals surface area (Å²) < 4.78 is 7.92. The molecule has 0 spiro atoms. The average molecular weight is 411 g/mol. The molecule has 152 valence electrons. The molecule has 29 heavy (non-hydrogen) atoms. The summed E-state index contributed by atoms with van der Waals surface area (Å²) in [4.78, 5) is 17.7. The van der Waals surface area contributed by atoms with Gasteiger partial charge in [-0.05, 0) is 44.4 Å². The Hall–Kier alpha value is -2.51. The number of carbonyl (C=O) groups excluding carboxylic acids is 1. The molecule has 2 aromatic heterocycles. The molecule has 0 aliphatic carbocycles. The third kappa shape index (κ3) is 3.97. The van der Waals surface area contributed by atoms with Gasteiger partial charge >= 0.3 is 0 Å². The molecule has 3 aromatic rings. The second kappa shape index (κ2) is 8.47. The van der Waals surface area contributed by atoms with Gasteiger partial charge in [0.1, 0.15) is 11.1 Å². The van der Waals surface area contributed by atoms with Crippen molar-refractivity contribution in [2.24, 2.45) is 5.92 Å². The highest BCUT2D eigenvalue weighted by atomic mass is 32.1. The van der Waals surface area contributed by atoms with Crippen LogP contribution in [0.1, 0.15) is 53.9 Å². The summed E-state index contributed by atoms with van der Waals surface area (Å²) in [7, 11) is 0. The molecule has 1 fully saturated rings. The first-order valence-corrected chi connectivity index (χ1v) is 10.9. The highest BCUT2D eigenvalue weighted by Crippen LogP contribution is 2.36. The lowest BCUT2D eigenvalue weighted by Gasteiger charge is -2.22. The molecule has 1 aliphatic rings. The maximum Gasteiger partial charge on any atom is 0.226 e. The number of amides is 1. The number of benzene rings is 1. The molecular weight excluding hydrogens is 384 g/mol. The van der Waals surface area contributed by atoms with E-state index in [4.69, 9.17) is 4.74 Å². The van der Waals surface area contributed by atoms with Crippen molar-refractivity contribution in [1.29, 1.82) is 0 Å². The summed E-state index contributed by atoms with van der Waals surface area (Å²) in [6.07, 6.45) is 2.96. The van der Waals surface area contributed by atoms with Crippen LogP contribution in [0.4, 0.5) is 0 Å². The van der Waals surface area contributed by atoms with E-state index >= 15 is 0 Å². The molecule has 7 heteroatoms. The largest absolute Gasteiger partial charge is 0.371 e. The van der Waals surface area contributed by atoms with Crippen molar-refractivity contribution in [3.63, 3.8) is 0 Å². The quantitative estimate of drug-likeness (QED) is 0.658. The standard InChI is InChI=1S/C22H26N4O2S/c1-4-17(22-24-15(3)13-29-22)25-21(27)16-10-12-28-20(16)19-9-11-23-26(19)18-8-6-5-7-14(18)2/h5-9,11,13,16-17,20H,4,10,12H2,1-3H3,(H,25,27)/t16-,17?,20-/m0/s1. The number of nitrogens with zero attached hydrogens (tertiary/aromatic N) is 3. The van der Waals surface area contributed by atoms with Crippen LogP contribution < -0.4 is 5.32 Å². The molecule has 3 heterocycles. The molecular formula is C22H26N4O2S. The van der Waals surface area contributed by atoms with Crippen molar-refractivity contribution < 1.29 is 9.53 Å². The van der Waals surface area contributed by atoms with E-state index in [-0.39, 0.29) is 24.0 Å². The maximum absolute atomic E-state index is 13.2. The van der Waals surface area contributed by atoms with Crippen molar-refractivity contribution in [3.8, 4) is 5.69 Å². The van der Waals surface area contributed by atoms with E-state index in [0.29, 0.717) is 13.0 Å². The molecule has 1 unspecified atom stereocenters. The van der Waals surface area contributed by atoms with Crippen molar-refractivity contribution >= 4 is 17.2 Å². The molecule has 4 rings (SSSR count). The minimum Gasteiger partial charge on any atom is -0.371 e. The SMILES string of the molecule is CCC(NC(=O)[C@H]1CCO[C@@H]1c1ccnn1-c1ccccc1C)c1nc(C)cs1. The zero-order valence-electron chi connectivity index (χ0n) is 17.0. The Balaban J connectivity index is 1.56. The van der Waals surface area contributed by atoms with Crippen LogP contribution >= 0.6 is 11.3 Å². The van der Waals surface area contributed by atoms with Crippen molar-refractivity contribution in [1.82, 2.24) is 20.1 Å². The smallest absolute Gasteiger partial charge is 0.226 e. The van der Waals surface area contributed by atoms with Gasteiger partial charge in [-0.2, -0.15) is 5.10 Å². The summed E-state index contributed by atoms with van der Waals surface area (Å²) in [5.74, 6) is -0.227. The van der Waals surface area contributed by atoms with Gasteiger partial charge in [-0.15, -0.1) is 11.3 Å². The Morgan fingerprint density at radius 3 is 2.90 bits per heavy atom. The van der Waals surface area contributed by atoms with E-state index in [0.717, 1.165) is 34.1 Å². The normalized spacial score (nSPS) is 20.0. The summed E-state index contributed by atoms with van der Waals surface area (Å²) in [5.41, 5.74) is 4.03.